The lowest BCUT2D eigenvalue weighted by Crippen LogP contribution is -2.45. The van der Waals surface area contributed by atoms with Gasteiger partial charge in [-0.25, -0.2) is 0 Å². The van der Waals surface area contributed by atoms with Gasteiger partial charge >= 0.3 is 0 Å². The quantitative estimate of drug-likeness (QED) is 0.898. The van der Waals surface area contributed by atoms with E-state index in [1.165, 1.54) is 0 Å². The lowest BCUT2D eigenvalue weighted by Gasteiger charge is -2.37. The highest BCUT2D eigenvalue weighted by atomic mass is 35.5. The summed E-state index contributed by atoms with van der Waals surface area (Å²) in [5.41, 5.74) is 7.24. The van der Waals surface area contributed by atoms with Crippen LogP contribution in [0, 0.1) is 0 Å². The molecule has 1 aliphatic rings. The van der Waals surface area contributed by atoms with E-state index >= 15 is 0 Å². The molecule has 0 aromatic heterocycles. The first-order valence-corrected chi connectivity index (χ1v) is 6.39. The number of benzene rings is 1. The second-order valence-corrected chi connectivity index (χ2v) is 4.88. The highest BCUT2D eigenvalue weighted by molar-refractivity contribution is 6.31. The van der Waals surface area contributed by atoms with E-state index < -0.39 is 0 Å². The van der Waals surface area contributed by atoms with Crippen molar-refractivity contribution in [3.8, 4) is 0 Å². The molecule has 0 amide bonds. The summed E-state index contributed by atoms with van der Waals surface area (Å²) in [6.07, 6.45) is 0. The van der Waals surface area contributed by atoms with E-state index in [2.05, 4.69) is 11.0 Å². The molecule has 0 aliphatic carbocycles. The molecule has 0 bridgehead atoms. The lowest BCUT2D eigenvalue weighted by molar-refractivity contribution is 0.0117. The predicted octanol–water partition coefficient (Wildman–Crippen LogP) is 2.06. The van der Waals surface area contributed by atoms with Gasteiger partial charge in [0.25, 0.3) is 0 Å². The van der Waals surface area contributed by atoms with Gasteiger partial charge in [-0.05, 0) is 18.6 Å². The number of nitrogens with zero attached hydrogens (tertiary/aromatic N) is 1. The third-order valence-corrected chi connectivity index (χ3v) is 3.51. The Morgan fingerprint density at radius 3 is 2.53 bits per heavy atom. The van der Waals surface area contributed by atoms with Crippen LogP contribution in [0.4, 0.5) is 0 Å². The van der Waals surface area contributed by atoms with Crippen LogP contribution in [-0.4, -0.2) is 37.2 Å². The van der Waals surface area contributed by atoms with Crippen LogP contribution in [-0.2, 0) is 4.74 Å². The summed E-state index contributed by atoms with van der Waals surface area (Å²) in [7, 11) is 0. The fraction of sp³-hybridized carbons (Fsp3) is 0.538. The van der Waals surface area contributed by atoms with Crippen molar-refractivity contribution >= 4 is 11.6 Å². The Labute approximate surface area is 107 Å². The Morgan fingerprint density at radius 1 is 1.29 bits per heavy atom. The van der Waals surface area contributed by atoms with Gasteiger partial charge in [0.15, 0.2) is 0 Å². The number of hydrogen-bond acceptors (Lipinski definition) is 3. The minimum absolute atomic E-state index is 0.0491. The van der Waals surface area contributed by atoms with Gasteiger partial charge in [-0.15, -0.1) is 0 Å². The molecule has 1 aromatic carbocycles. The van der Waals surface area contributed by atoms with Crippen molar-refractivity contribution in [3.05, 3.63) is 34.9 Å². The minimum atomic E-state index is 0.0491. The average Bonchev–Trinajstić information content (AvgIpc) is 2.33. The number of halogens is 1. The second kappa shape index (κ2) is 5.83. The highest BCUT2D eigenvalue weighted by Crippen LogP contribution is 2.29. The van der Waals surface area contributed by atoms with Crippen molar-refractivity contribution in [2.24, 2.45) is 5.73 Å². The zero-order valence-corrected chi connectivity index (χ0v) is 10.9. The Hall–Kier alpha value is -0.610. The summed E-state index contributed by atoms with van der Waals surface area (Å²) in [4.78, 5) is 2.36. The van der Waals surface area contributed by atoms with Crippen molar-refractivity contribution in [1.82, 2.24) is 4.90 Å². The van der Waals surface area contributed by atoms with Crippen molar-refractivity contribution in [2.75, 3.05) is 26.3 Å². The zero-order chi connectivity index (χ0) is 12.3. The van der Waals surface area contributed by atoms with Crippen LogP contribution in [0.15, 0.2) is 24.3 Å². The molecule has 3 nitrogen and oxygen atoms in total. The molecule has 2 unspecified atom stereocenters. The van der Waals surface area contributed by atoms with E-state index in [1.54, 1.807) is 0 Å². The summed E-state index contributed by atoms with van der Waals surface area (Å²) in [5, 5.41) is 0.793. The fourth-order valence-electron chi connectivity index (χ4n) is 2.38. The Balaban J connectivity index is 2.25. The van der Waals surface area contributed by atoms with Crippen LogP contribution in [0.25, 0.3) is 0 Å². The molecule has 1 fully saturated rings. The number of ether oxygens (including phenoxy) is 1. The summed E-state index contributed by atoms with van der Waals surface area (Å²) in [6.45, 7) is 5.40. The first-order valence-electron chi connectivity index (χ1n) is 6.02. The minimum Gasteiger partial charge on any atom is -0.379 e. The zero-order valence-electron chi connectivity index (χ0n) is 10.1. The molecular weight excluding hydrogens is 236 g/mol. The molecule has 1 saturated heterocycles. The van der Waals surface area contributed by atoms with E-state index in [1.807, 2.05) is 25.1 Å². The van der Waals surface area contributed by atoms with Gasteiger partial charge in [0.05, 0.1) is 19.3 Å². The molecule has 1 heterocycles. The molecule has 0 saturated carbocycles. The Morgan fingerprint density at radius 2 is 1.94 bits per heavy atom. The van der Waals surface area contributed by atoms with Crippen LogP contribution in [0.5, 0.6) is 0 Å². The number of nitrogens with two attached hydrogens (primary N) is 1. The van der Waals surface area contributed by atoms with Crippen molar-refractivity contribution < 1.29 is 4.74 Å². The highest BCUT2D eigenvalue weighted by Gasteiger charge is 2.26. The summed E-state index contributed by atoms with van der Waals surface area (Å²) in [5.74, 6) is 0. The van der Waals surface area contributed by atoms with Crippen LogP contribution in [0.2, 0.25) is 5.02 Å². The van der Waals surface area contributed by atoms with Crippen molar-refractivity contribution in [2.45, 2.75) is 19.0 Å². The average molecular weight is 255 g/mol. The van der Waals surface area contributed by atoms with Crippen LogP contribution in [0.3, 0.4) is 0 Å². The first-order chi connectivity index (χ1) is 8.20. The largest absolute Gasteiger partial charge is 0.379 e. The Bertz CT molecular complexity index is 364. The Kier molecular flexibility index (Phi) is 4.40. The number of rotatable bonds is 3. The topological polar surface area (TPSA) is 38.5 Å². The standard InChI is InChI=1S/C13H19ClN2O/c1-10(15)13(16-6-8-17-9-7-16)11-4-2-3-5-12(11)14/h2-5,10,13H,6-9,15H2,1H3. The van der Waals surface area contributed by atoms with Gasteiger partial charge in [-0.3, -0.25) is 4.90 Å². The molecule has 4 heteroatoms. The molecule has 1 aliphatic heterocycles. The maximum atomic E-state index is 6.27. The van der Waals surface area contributed by atoms with E-state index in [-0.39, 0.29) is 12.1 Å². The van der Waals surface area contributed by atoms with Gasteiger partial charge in [-0.1, -0.05) is 29.8 Å². The molecule has 2 rings (SSSR count). The van der Waals surface area contributed by atoms with Gasteiger partial charge in [0, 0.05) is 24.2 Å². The van der Waals surface area contributed by atoms with Gasteiger partial charge in [0.1, 0.15) is 0 Å². The van der Waals surface area contributed by atoms with E-state index in [0.717, 1.165) is 36.9 Å². The molecule has 17 heavy (non-hydrogen) atoms. The maximum Gasteiger partial charge on any atom is 0.0594 e. The third kappa shape index (κ3) is 2.99. The number of morpholine rings is 1. The molecule has 0 spiro atoms. The van der Waals surface area contributed by atoms with Crippen LogP contribution in [0.1, 0.15) is 18.5 Å². The summed E-state index contributed by atoms with van der Waals surface area (Å²) in [6, 6.07) is 8.17. The van der Waals surface area contributed by atoms with Crippen molar-refractivity contribution in [3.63, 3.8) is 0 Å². The monoisotopic (exact) mass is 254 g/mol. The predicted molar refractivity (Wildman–Crippen MR) is 70.2 cm³/mol. The van der Waals surface area contributed by atoms with Gasteiger partial charge in [0.2, 0.25) is 0 Å². The van der Waals surface area contributed by atoms with Crippen molar-refractivity contribution in [1.29, 1.82) is 0 Å². The van der Waals surface area contributed by atoms with Gasteiger partial charge < -0.3 is 10.5 Å². The lowest BCUT2D eigenvalue weighted by atomic mass is 9.99. The van der Waals surface area contributed by atoms with Crippen LogP contribution < -0.4 is 5.73 Å². The number of hydrogen-bond donors (Lipinski definition) is 1. The van der Waals surface area contributed by atoms with E-state index in [0.29, 0.717) is 0 Å². The van der Waals surface area contributed by atoms with E-state index in [4.69, 9.17) is 22.1 Å². The molecule has 0 radical (unpaired) electrons. The molecule has 2 N–H and O–H groups in total. The second-order valence-electron chi connectivity index (χ2n) is 4.47. The fourth-order valence-corrected chi connectivity index (χ4v) is 2.63. The molecule has 94 valence electrons. The molecule has 2 atom stereocenters. The smallest absolute Gasteiger partial charge is 0.0594 e. The first kappa shape index (κ1) is 12.8. The summed E-state index contributed by atoms with van der Waals surface area (Å²) >= 11 is 6.27. The maximum absolute atomic E-state index is 6.27. The van der Waals surface area contributed by atoms with Gasteiger partial charge in [-0.2, -0.15) is 0 Å². The van der Waals surface area contributed by atoms with Crippen LogP contribution >= 0.6 is 11.6 Å². The normalized spacial score (nSPS) is 21.1. The SMILES string of the molecule is CC(N)C(c1ccccc1Cl)N1CCOCC1. The molecule has 1 aromatic rings. The molecular formula is C13H19ClN2O. The van der Waals surface area contributed by atoms with E-state index in [9.17, 15) is 0 Å². The third-order valence-electron chi connectivity index (χ3n) is 3.16. The summed E-state index contributed by atoms with van der Waals surface area (Å²) < 4.78 is 5.38.